The summed E-state index contributed by atoms with van der Waals surface area (Å²) in [6.07, 6.45) is -1.48. The fourth-order valence-electron chi connectivity index (χ4n) is 11.0. The number of amides is 3. The quantitative estimate of drug-likeness (QED) is 0.0809. The zero-order chi connectivity index (χ0) is 49.4. The number of aromatic hydroxyl groups is 1. The van der Waals surface area contributed by atoms with Crippen LogP contribution in [0.25, 0.3) is 0 Å². The van der Waals surface area contributed by atoms with Crippen molar-refractivity contribution in [2.24, 2.45) is 5.92 Å². The Labute approximate surface area is 411 Å². The SMILES string of the molecule is COCCOC(=O)N1C(=O)[C@@]2(c3cc(C#Cc4ccc(OC)cc4)ccc31)[C@H](c1ccc(O)cc1)N1[C@H](c3ccccc3)[C@H](c3ccccc3)OC(=O)[C@H]1[C@@H]2C(=O)N1CCc2cc(OC)c(OC)cc2C1. The summed E-state index contributed by atoms with van der Waals surface area (Å²) in [6.45, 7) is 0.218. The summed E-state index contributed by atoms with van der Waals surface area (Å²) in [5.74, 6) is 4.61. The van der Waals surface area contributed by atoms with E-state index in [-0.39, 0.29) is 37.7 Å². The van der Waals surface area contributed by atoms with Crippen LogP contribution in [0.2, 0.25) is 0 Å². The highest BCUT2D eigenvalue weighted by molar-refractivity contribution is 6.23. The van der Waals surface area contributed by atoms with Gasteiger partial charge in [0.25, 0.3) is 0 Å². The van der Waals surface area contributed by atoms with E-state index in [9.17, 15) is 9.90 Å². The summed E-state index contributed by atoms with van der Waals surface area (Å²) in [5, 5.41) is 10.8. The molecule has 6 aromatic rings. The Morgan fingerprint density at radius 2 is 1.35 bits per heavy atom. The number of anilines is 1. The molecule has 71 heavy (non-hydrogen) atoms. The number of nitrogens with zero attached hydrogens (tertiary/aromatic N) is 3. The van der Waals surface area contributed by atoms with Gasteiger partial charge in [-0.3, -0.25) is 19.3 Å². The van der Waals surface area contributed by atoms with Crippen LogP contribution in [0.1, 0.15) is 62.7 Å². The number of rotatable bonds is 10. The monoisotopic (exact) mass is 953 g/mol. The number of hydrogen-bond donors (Lipinski definition) is 1. The van der Waals surface area contributed by atoms with Crippen LogP contribution in [-0.2, 0) is 47.0 Å². The van der Waals surface area contributed by atoms with E-state index >= 15 is 14.4 Å². The maximum atomic E-state index is 16.6. The van der Waals surface area contributed by atoms with Crippen molar-refractivity contribution in [1.29, 1.82) is 0 Å². The first-order chi connectivity index (χ1) is 34.6. The number of morpholine rings is 1. The topological polar surface area (TPSA) is 154 Å². The number of phenols is 1. The zero-order valence-corrected chi connectivity index (χ0v) is 39.6. The van der Waals surface area contributed by atoms with Crippen LogP contribution in [0.4, 0.5) is 10.5 Å². The Hall–Kier alpha value is -8.12. The molecule has 3 amide bonds. The van der Waals surface area contributed by atoms with Crippen LogP contribution in [0.3, 0.4) is 0 Å². The third-order valence-electron chi connectivity index (χ3n) is 14.1. The van der Waals surface area contributed by atoms with Gasteiger partial charge in [0.05, 0.1) is 51.6 Å². The van der Waals surface area contributed by atoms with Crippen molar-refractivity contribution in [2.75, 3.05) is 53.1 Å². The lowest BCUT2D eigenvalue weighted by atomic mass is 9.64. The lowest BCUT2D eigenvalue weighted by molar-refractivity contribution is -0.179. The van der Waals surface area contributed by atoms with Gasteiger partial charge in [-0.15, -0.1) is 0 Å². The summed E-state index contributed by atoms with van der Waals surface area (Å²) >= 11 is 0. The highest BCUT2D eigenvalue weighted by Gasteiger charge is 2.76. The van der Waals surface area contributed by atoms with Crippen molar-refractivity contribution in [1.82, 2.24) is 9.80 Å². The van der Waals surface area contributed by atoms with E-state index in [0.29, 0.717) is 51.5 Å². The van der Waals surface area contributed by atoms with Crippen molar-refractivity contribution in [3.05, 3.63) is 184 Å². The largest absolute Gasteiger partial charge is 0.508 e. The number of hydrogen-bond acceptors (Lipinski definition) is 12. The van der Waals surface area contributed by atoms with Gasteiger partial charge in [0.2, 0.25) is 11.8 Å². The highest BCUT2D eigenvalue weighted by Crippen LogP contribution is 2.66. The molecule has 6 atom stereocenters. The van der Waals surface area contributed by atoms with E-state index in [4.69, 9.17) is 28.4 Å². The highest BCUT2D eigenvalue weighted by atomic mass is 16.6. The van der Waals surface area contributed by atoms with Gasteiger partial charge in [0, 0.05) is 31.3 Å². The van der Waals surface area contributed by atoms with E-state index in [2.05, 4.69) is 11.8 Å². The minimum atomic E-state index is -2.05. The third-order valence-corrected chi connectivity index (χ3v) is 14.1. The lowest BCUT2D eigenvalue weighted by Crippen LogP contribution is -2.57. The molecular formula is C57H51N3O11. The molecule has 14 nitrogen and oxygen atoms in total. The summed E-state index contributed by atoms with van der Waals surface area (Å²) in [5.41, 5.74) is 3.25. The number of carbonyl (C=O) groups excluding carboxylic acids is 4. The fraction of sp³-hybridized carbons (Fsp3) is 0.263. The van der Waals surface area contributed by atoms with Gasteiger partial charge in [0.1, 0.15) is 35.7 Å². The number of ether oxygens (including phenoxy) is 6. The van der Waals surface area contributed by atoms with Gasteiger partial charge in [-0.25, -0.2) is 9.69 Å². The lowest BCUT2D eigenvalue weighted by Gasteiger charge is -2.46. The van der Waals surface area contributed by atoms with Crippen LogP contribution in [0.5, 0.6) is 23.0 Å². The van der Waals surface area contributed by atoms with Crippen LogP contribution in [-0.4, -0.2) is 93.0 Å². The molecule has 2 saturated heterocycles. The van der Waals surface area contributed by atoms with Crippen LogP contribution in [0.15, 0.2) is 140 Å². The van der Waals surface area contributed by atoms with E-state index in [0.717, 1.165) is 21.6 Å². The normalized spacial score (nSPS) is 22.1. The summed E-state index contributed by atoms with van der Waals surface area (Å²) in [4.78, 5) is 67.8. The number of methoxy groups -OCH3 is 4. The van der Waals surface area contributed by atoms with Crippen molar-refractivity contribution < 1.29 is 52.7 Å². The Bertz CT molecular complexity index is 3060. The predicted molar refractivity (Wildman–Crippen MR) is 261 cm³/mol. The van der Waals surface area contributed by atoms with Gasteiger partial charge in [-0.2, -0.15) is 0 Å². The number of carbonyl (C=O) groups is 4. The first kappa shape index (κ1) is 46.6. The fourth-order valence-corrected chi connectivity index (χ4v) is 11.0. The summed E-state index contributed by atoms with van der Waals surface area (Å²) in [7, 11) is 6.16. The molecule has 1 spiro atoms. The maximum Gasteiger partial charge on any atom is 0.421 e. The second-order valence-corrected chi connectivity index (χ2v) is 17.8. The molecular weight excluding hydrogens is 903 g/mol. The second-order valence-electron chi connectivity index (χ2n) is 17.8. The number of imide groups is 1. The second kappa shape index (κ2) is 19.3. The molecule has 4 heterocycles. The van der Waals surface area contributed by atoms with Gasteiger partial charge in [-0.05, 0) is 107 Å². The van der Waals surface area contributed by atoms with Crippen LogP contribution >= 0.6 is 0 Å². The maximum absolute atomic E-state index is 16.6. The minimum absolute atomic E-state index is 0.0403. The van der Waals surface area contributed by atoms with Crippen molar-refractivity contribution in [3.63, 3.8) is 0 Å². The molecule has 4 aliphatic rings. The standard InChI is InChI=1S/C57H51N3O11/c1-66-29-30-70-56(65)59-45-26-19-36(16-15-35-17-24-43(67-2)25-18-35)31-44(45)57(55(59)64)48(53(62)58-28-27-40-32-46(68-3)47(69-4)33-41(40)34-58)50-54(63)71-51(38-13-9-6-10-14-38)49(37-11-7-5-8-12-37)60(50)52(57)39-20-22-42(61)23-21-39/h5-14,17-26,31-33,48-52,61H,27-30,34H2,1-4H3/t48-,49-,50-,51+,52+,57-/m1/s1. The van der Waals surface area contributed by atoms with E-state index < -0.39 is 59.4 Å². The number of benzene rings is 6. The molecule has 0 unspecified atom stereocenters. The summed E-state index contributed by atoms with van der Waals surface area (Å²) in [6, 6.07) is 38.1. The zero-order valence-electron chi connectivity index (χ0n) is 39.6. The molecule has 0 saturated carbocycles. The molecule has 1 N–H and O–H groups in total. The van der Waals surface area contributed by atoms with Crippen molar-refractivity contribution >= 4 is 29.6 Å². The molecule has 10 rings (SSSR count). The Morgan fingerprint density at radius 1 is 0.704 bits per heavy atom. The smallest absolute Gasteiger partial charge is 0.421 e. The van der Waals surface area contributed by atoms with Crippen LogP contribution < -0.4 is 19.1 Å². The number of phenolic OH excluding ortho intramolecular Hbond substituents is 1. The average molecular weight is 954 g/mol. The van der Waals surface area contributed by atoms with Gasteiger partial charge >= 0.3 is 12.1 Å². The van der Waals surface area contributed by atoms with Crippen molar-refractivity contribution in [2.45, 2.75) is 42.6 Å². The Morgan fingerprint density at radius 3 is 2.01 bits per heavy atom. The van der Waals surface area contributed by atoms with Gasteiger partial charge in [-0.1, -0.05) is 84.6 Å². The molecule has 2 fully saturated rings. The van der Waals surface area contributed by atoms with Gasteiger partial charge in [0.15, 0.2) is 11.5 Å². The minimum Gasteiger partial charge on any atom is -0.508 e. The van der Waals surface area contributed by atoms with Gasteiger partial charge < -0.3 is 38.4 Å². The summed E-state index contributed by atoms with van der Waals surface area (Å²) < 4.78 is 34.3. The Kier molecular flexibility index (Phi) is 12.7. The molecule has 0 bridgehead atoms. The predicted octanol–water partition coefficient (Wildman–Crippen LogP) is 7.85. The Balaban J connectivity index is 1.25. The molecule has 0 radical (unpaired) electrons. The molecule has 6 aromatic carbocycles. The molecule has 0 aromatic heterocycles. The third kappa shape index (κ3) is 8.06. The van der Waals surface area contributed by atoms with E-state index in [1.807, 2.05) is 89.8 Å². The molecule has 360 valence electrons. The first-order valence-electron chi connectivity index (χ1n) is 23.3. The van der Waals surface area contributed by atoms with Crippen LogP contribution in [0, 0.1) is 17.8 Å². The van der Waals surface area contributed by atoms with E-state index in [1.54, 1.807) is 68.7 Å². The van der Waals surface area contributed by atoms with E-state index in [1.165, 1.54) is 19.2 Å². The van der Waals surface area contributed by atoms with Crippen molar-refractivity contribution in [3.8, 4) is 34.8 Å². The average Bonchev–Trinajstić information content (AvgIpc) is 3.86. The number of cyclic esters (lactones) is 1. The first-order valence-corrected chi connectivity index (χ1v) is 23.3. The molecule has 14 heteroatoms. The number of fused-ring (bicyclic) bond motifs is 4. The number of esters is 1. The molecule has 4 aliphatic heterocycles. The molecule has 0 aliphatic carbocycles.